The van der Waals surface area contributed by atoms with Crippen LogP contribution in [-0.2, 0) is 20.9 Å². The minimum absolute atomic E-state index is 0.0156. The molecule has 1 unspecified atom stereocenters. The number of aromatic nitrogens is 2. The van der Waals surface area contributed by atoms with Crippen molar-refractivity contribution >= 4 is 28.6 Å². The van der Waals surface area contributed by atoms with Gasteiger partial charge in [-0.25, -0.2) is 4.98 Å². The van der Waals surface area contributed by atoms with Crippen molar-refractivity contribution in [2.24, 2.45) is 0 Å². The fourth-order valence-electron chi connectivity index (χ4n) is 3.98. The molecule has 1 amide bonds. The average Bonchev–Trinajstić information content (AvgIpc) is 3.30. The van der Waals surface area contributed by atoms with Crippen LogP contribution in [0.4, 0.5) is 5.69 Å². The molecule has 7 heteroatoms. The van der Waals surface area contributed by atoms with Crippen LogP contribution in [0.2, 0.25) is 0 Å². The number of para-hydroxylation sites is 4. The van der Waals surface area contributed by atoms with E-state index >= 15 is 0 Å². The molecule has 4 rings (SSSR count). The lowest BCUT2D eigenvalue weighted by molar-refractivity contribution is -0.143. The zero-order chi connectivity index (χ0) is 21.1. The van der Waals surface area contributed by atoms with Crippen molar-refractivity contribution in [3.8, 4) is 5.75 Å². The number of amides is 1. The smallest absolute Gasteiger partial charge is 0.326 e. The van der Waals surface area contributed by atoms with Gasteiger partial charge in [0.2, 0.25) is 5.91 Å². The van der Waals surface area contributed by atoms with Gasteiger partial charge in [-0.3, -0.25) is 9.59 Å². The van der Waals surface area contributed by atoms with Crippen LogP contribution in [0.15, 0.2) is 48.5 Å². The lowest BCUT2D eigenvalue weighted by atomic mass is 10.1. The summed E-state index contributed by atoms with van der Waals surface area (Å²) in [6.07, 6.45) is 0.326. The van der Waals surface area contributed by atoms with Gasteiger partial charge in [0.15, 0.2) is 0 Å². The number of carbonyl (C=O) groups is 2. The van der Waals surface area contributed by atoms with E-state index in [0.29, 0.717) is 31.9 Å². The number of rotatable bonds is 7. The molecule has 7 nitrogen and oxygen atoms in total. The first-order chi connectivity index (χ1) is 14.6. The van der Waals surface area contributed by atoms with Crippen molar-refractivity contribution in [1.29, 1.82) is 0 Å². The van der Waals surface area contributed by atoms with Crippen LogP contribution in [0, 0.1) is 0 Å². The molecule has 0 saturated carbocycles. The van der Waals surface area contributed by atoms with Gasteiger partial charge in [-0.05, 0) is 38.1 Å². The number of ether oxygens (including phenoxy) is 2. The Kier molecular flexibility index (Phi) is 5.70. The number of hydrogen-bond donors (Lipinski definition) is 0. The molecule has 1 aliphatic heterocycles. The summed E-state index contributed by atoms with van der Waals surface area (Å²) in [5, 5.41) is 0. The van der Waals surface area contributed by atoms with Crippen molar-refractivity contribution in [1.82, 2.24) is 9.55 Å². The first kappa shape index (κ1) is 19.9. The van der Waals surface area contributed by atoms with Crippen LogP contribution in [-0.4, -0.2) is 41.2 Å². The number of hydrogen-bond acceptors (Lipinski definition) is 5. The first-order valence-electron chi connectivity index (χ1n) is 10.2. The molecule has 1 fully saturated rings. The number of nitrogens with zero attached hydrogens (tertiary/aromatic N) is 3. The van der Waals surface area contributed by atoms with Crippen LogP contribution in [0.3, 0.4) is 0 Å². The molecule has 1 aliphatic rings. The zero-order valence-corrected chi connectivity index (χ0v) is 17.2. The van der Waals surface area contributed by atoms with Crippen LogP contribution < -0.4 is 9.64 Å². The summed E-state index contributed by atoms with van der Waals surface area (Å²) in [4.78, 5) is 31.7. The fraction of sp³-hybridized carbons (Fsp3) is 0.348. The van der Waals surface area contributed by atoms with Crippen molar-refractivity contribution in [2.75, 3.05) is 24.7 Å². The molecule has 1 aromatic heterocycles. The van der Waals surface area contributed by atoms with Gasteiger partial charge in [0.1, 0.15) is 18.1 Å². The summed E-state index contributed by atoms with van der Waals surface area (Å²) in [6.45, 7) is 5.11. The highest BCUT2D eigenvalue weighted by atomic mass is 16.5. The Labute approximate surface area is 175 Å². The summed E-state index contributed by atoms with van der Waals surface area (Å²) in [6, 6.07) is 15.2. The molecule has 1 saturated heterocycles. The van der Waals surface area contributed by atoms with E-state index < -0.39 is 0 Å². The molecule has 0 aliphatic carbocycles. The van der Waals surface area contributed by atoms with E-state index in [1.807, 2.05) is 60.0 Å². The molecular formula is C23H25N3O4. The number of imidazole rings is 1. The Hall–Kier alpha value is -3.35. The SMILES string of the molecule is CCOC(=O)Cn1c(C2CC(=O)N(c3ccccc3OCC)C2)nc2ccccc21. The van der Waals surface area contributed by atoms with E-state index in [2.05, 4.69) is 0 Å². The number of anilines is 1. The van der Waals surface area contributed by atoms with Gasteiger partial charge in [0.25, 0.3) is 0 Å². The topological polar surface area (TPSA) is 73.7 Å². The van der Waals surface area contributed by atoms with E-state index in [4.69, 9.17) is 14.5 Å². The lowest BCUT2D eigenvalue weighted by Gasteiger charge is -2.20. The van der Waals surface area contributed by atoms with Gasteiger partial charge in [0, 0.05) is 18.9 Å². The second-order valence-electron chi connectivity index (χ2n) is 7.16. The quantitative estimate of drug-likeness (QED) is 0.560. The minimum Gasteiger partial charge on any atom is -0.492 e. The minimum atomic E-state index is -0.315. The summed E-state index contributed by atoms with van der Waals surface area (Å²) < 4.78 is 12.7. The average molecular weight is 407 g/mol. The third-order valence-corrected chi connectivity index (χ3v) is 5.22. The summed E-state index contributed by atoms with van der Waals surface area (Å²) >= 11 is 0. The maximum absolute atomic E-state index is 12.9. The molecule has 3 aromatic rings. The van der Waals surface area contributed by atoms with Gasteiger partial charge in [0.05, 0.1) is 29.9 Å². The number of benzene rings is 2. The summed E-state index contributed by atoms with van der Waals surface area (Å²) in [5.74, 6) is 0.990. The Morgan fingerprint density at radius 3 is 2.67 bits per heavy atom. The molecule has 2 heterocycles. The zero-order valence-electron chi connectivity index (χ0n) is 17.2. The van der Waals surface area contributed by atoms with Gasteiger partial charge in [-0.15, -0.1) is 0 Å². The maximum atomic E-state index is 12.9. The second kappa shape index (κ2) is 8.57. The third kappa shape index (κ3) is 3.75. The van der Waals surface area contributed by atoms with E-state index in [9.17, 15) is 9.59 Å². The van der Waals surface area contributed by atoms with Gasteiger partial charge < -0.3 is 18.9 Å². The lowest BCUT2D eigenvalue weighted by Crippen LogP contribution is -2.25. The van der Waals surface area contributed by atoms with Crippen molar-refractivity contribution < 1.29 is 19.1 Å². The molecular weight excluding hydrogens is 382 g/mol. The molecule has 156 valence electrons. The van der Waals surface area contributed by atoms with Crippen molar-refractivity contribution in [3.05, 3.63) is 54.4 Å². The predicted octanol–water partition coefficient (Wildman–Crippen LogP) is 3.52. The molecule has 2 aromatic carbocycles. The van der Waals surface area contributed by atoms with Gasteiger partial charge in [-0.1, -0.05) is 24.3 Å². The molecule has 0 spiro atoms. The number of carbonyl (C=O) groups excluding carboxylic acids is 2. The highest BCUT2D eigenvalue weighted by Gasteiger charge is 2.36. The first-order valence-corrected chi connectivity index (χ1v) is 10.2. The fourth-order valence-corrected chi connectivity index (χ4v) is 3.98. The van der Waals surface area contributed by atoms with Crippen molar-refractivity contribution in [3.63, 3.8) is 0 Å². The highest BCUT2D eigenvalue weighted by Crippen LogP contribution is 2.37. The van der Waals surface area contributed by atoms with E-state index in [-0.39, 0.29) is 24.3 Å². The third-order valence-electron chi connectivity index (χ3n) is 5.22. The van der Waals surface area contributed by atoms with Gasteiger partial charge in [-0.2, -0.15) is 0 Å². The van der Waals surface area contributed by atoms with E-state index in [0.717, 1.165) is 22.5 Å². The Balaban J connectivity index is 1.68. The predicted molar refractivity (Wildman–Crippen MR) is 114 cm³/mol. The van der Waals surface area contributed by atoms with Crippen LogP contribution in [0.25, 0.3) is 11.0 Å². The number of fused-ring (bicyclic) bond motifs is 1. The summed E-state index contributed by atoms with van der Waals surface area (Å²) in [5.41, 5.74) is 2.43. The maximum Gasteiger partial charge on any atom is 0.326 e. The van der Waals surface area contributed by atoms with Crippen molar-refractivity contribution in [2.45, 2.75) is 32.7 Å². The Morgan fingerprint density at radius 1 is 1.10 bits per heavy atom. The second-order valence-corrected chi connectivity index (χ2v) is 7.16. The number of esters is 1. The van der Waals surface area contributed by atoms with E-state index in [1.165, 1.54) is 0 Å². The molecule has 0 radical (unpaired) electrons. The molecule has 0 N–H and O–H groups in total. The van der Waals surface area contributed by atoms with Crippen LogP contribution >= 0.6 is 0 Å². The summed E-state index contributed by atoms with van der Waals surface area (Å²) in [7, 11) is 0. The Morgan fingerprint density at radius 2 is 1.87 bits per heavy atom. The van der Waals surface area contributed by atoms with Crippen LogP contribution in [0.5, 0.6) is 5.75 Å². The molecule has 30 heavy (non-hydrogen) atoms. The molecule has 1 atom stereocenters. The monoisotopic (exact) mass is 407 g/mol. The Bertz CT molecular complexity index is 1080. The normalized spacial score (nSPS) is 16.3. The highest BCUT2D eigenvalue weighted by molar-refractivity contribution is 5.98. The van der Waals surface area contributed by atoms with Gasteiger partial charge >= 0.3 is 5.97 Å². The van der Waals surface area contributed by atoms with E-state index in [1.54, 1.807) is 11.8 Å². The molecule has 0 bridgehead atoms. The standard InChI is InChI=1S/C23H25N3O4/c1-3-29-20-12-8-7-11-19(20)25-14-16(13-21(25)27)23-24-17-9-5-6-10-18(17)26(23)15-22(28)30-4-2/h5-12,16H,3-4,13-15H2,1-2H3. The van der Waals surface area contributed by atoms with Crippen LogP contribution in [0.1, 0.15) is 32.0 Å². The largest absolute Gasteiger partial charge is 0.492 e.